The summed E-state index contributed by atoms with van der Waals surface area (Å²) in [6.07, 6.45) is 0. The lowest BCUT2D eigenvalue weighted by Gasteiger charge is -2.02. The molecule has 0 aliphatic rings. The highest BCUT2D eigenvalue weighted by atomic mass is 19.1. The summed E-state index contributed by atoms with van der Waals surface area (Å²) in [5.41, 5.74) is 0.778. The van der Waals surface area contributed by atoms with Crippen LogP contribution in [0.3, 0.4) is 0 Å². The molecule has 0 aromatic heterocycles. The fraction of sp³-hybridized carbons (Fsp3) is 0. The Labute approximate surface area is 85.0 Å². The van der Waals surface area contributed by atoms with Crippen molar-refractivity contribution >= 4 is 0 Å². The second kappa shape index (κ2) is 3.77. The number of hydrogen-bond donors (Lipinski definition) is 0. The average Bonchev–Trinajstić information content (AvgIpc) is 2.16. The highest BCUT2D eigenvalue weighted by molar-refractivity contribution is 5.63. The topological polar surface area (TPSA) is 0 Å². The smallest absolute Gasteiger partial charge is 0.126 e. The highest BCUT2D eigenvalue weighted by Gasteiger charge is 2.03. The van der Waals surface area contributed by atoms with Crippen LogP contribution in [0.15, 0.2) is 42.5 Å². The van der Waals surface area contributed by atoms with Crippen molar-refractivity contribution in [2.75, 3.05) is 0 Å². The number of hydrogen-bond acceptors (Lipinski definition) is 0. The summed E-state index contributed by atoms with van der Waals surface area (Å²) in [6.45, 7) is 0. The first kappa shape index (κ1) is 9.77. The maximum absolute atomic E-state index is 12.9. The van der Waals surface area contributed by atoms with Crippen molar-refractivity contribution in [2.24, 2.45) is 0 Å². The Bertz CT molecular complexity index is 472. The largest absolute Gasteiger partial charge is 0.207 e. The van der Waals surface area contributed by atoms with Crippen LogP contribution in [0.1, 0.15) is 0 Å². The molecule has 0 aliphatic carbocycles. The van der Waals surface area contributed by atoms with Gasteiger partial charge >= 0.3 is 0 Å². The molecule has 0 fully saturated rings. The molecule has 0 heterocycles. The maximum atomic E-state index is 12.9. The van der Waals surface area contributed by atoms with Gasteiger partial charge in [0, 0.05) is 6.07 Å². The first-order valence-electron chi connectivity index (χ1n) is 4.37. The van der Waals surface area contributed by atoms with Gasteiger partial charge in [0.2, 0.25) is 0 Å². The predicted octanol–water partition coefficient (Wildman–Crippen LogP) is 3.77. The lowest BCUT2D eigenvalue weighted by atomic mass is 10.1. The van der Waals surface area contributed by atoms with Gasteiger partial charge in [-0.25, -0.2) is 13.2 Å². The molecule has 76 valence electrons. The summed E-state index contributed by atoms with van der Waals surface area (Å²) in [5.74, 6) is -1.78. The van der Waals surface area contributed by atoms with Crippen LogP contribution in [0.5, 0.6) is 0 Å². The molecule has 0 radical (unpaired) electrons. The average molecular weight is 208 g/mol. The summed E-state index contributed by atoms with van der Waals surface area (Å²) >= 11 is 0. The Morgan fingerprint density at radius 1 is 0.600 bits per heavy atom. The van der Waals surface area contributed by atoms with E-state index in [1.54, 1.807) is 6.07 Å². The van der Waals surface area contributed by atoms with Crippen LogP contribution in [0.4, 0.5) is 13.2 Å². The van der Waals surface area contributed by atoms with Crippen molar-refractivity contribution in [2.45, 2.75) is 0 Å². The molecule has 0 N–H and O–H groups in total. The first-order valence-corrected chi connectivity index (χ1v) is 4.37. The summed E-state index contributed by atoms with van der Waals surface area (Å²) in [7, 11) is 0. The third-order valence-corrected chi connectivity index (χ3v) is 2.02. The van der Waals surface area contributed by atoms with E-state index in [4.69, 9.17) is 0 Å². The molecule has 0 atom stereocenters. The Morgan fingerprint density at radius 2 is 1.20 bits per heavy atom. The Balaban J connectivity index is 2.54. The molecule has 0 bridgehead atoms. The van der Waals surface area contributed by atoms with Gasteiger partial charge in [0.1, 0.15) is 17.5 Å². The van der Waals surface area contributed by atoms with E-state index in [1.807, 2.05) is 0 Å². The van der Waals surface area contributed by atoms with Crippen LogP contribution in [-0.4, -0.2) is 0 Å². The zero-order chi connectivity index (χ0) is 10.8. The molecule has 2 rings (SSSR count). The van der Waals surface area contributed by atoms with Crippen LogP contribution in [-0.2, 0) is 0 Å². The van der Waals surface area contributed by atoms with E-state index in [2.05, 4.69) is 0 Å². The highest BCUT2D eigenvalue weighted by Crippen LogP contribution is 2.22. The fourth-order valence-corrected chi connectivity index (χ4v) is 1.39. The number of benzene rings is 2. The first-order chi connectivity index (χ1) is 7.15. The molecule has 0 saturated heterocycles. The number of halogens is 3. The van der Waals surface area contributed by atoms with Gasteiger partial charge in [0.15, 0.2) is 0 Å². The van der Waals surface area contributed by atoms with Crippen LogP contribution >= 0.6 is 0 Å². The van der Waals surface area contributed by atoms with E-state index in [9.17, 15) is 13.2 Å². The minimum absolute atomic E-state index is 0.326. The molecular weight excluding hydrogens is 201 g/mol. The van der Waals surface area contributed by atoms with E-state index in [1.165, 1.54) is 18.2 Å². The van der Waals surface area contributed by atoms with Gasteiger partial charge in [-0.05, 0) is 35.4 Å². The molecule has 0 aliphatic heterocycles. The van der Waals surface area contributed by atoms with Crippen molar-refractivity contribution < 1.29 is 13.2 Å². The van der Waals surface area contributed by atoms with Crippen molar-refractivity contribution in [3.05, 3.63) is 59.9 Å². The summed E-state index contributed by atoms with van der Waals surface area (Å²) in [6, 6.07) is 8.71. The molecule has 0 saturated carbocycles. The molecule has 0 nitrogen and oxygen atoms in total. The monoisotopic (exact) mass is 208 g/mol. The summed E-state index contributed by atoms with van der Waals surface area (Å²) in [5, 5.41) is 0. The van der Waals surface area contributed by atoms with Crippen molar-refractivity contribution in [3.63, 3.8) is 0 Å². The molecule has 0 unspecified atom stereocenters. The van der Waals surface area contributed by atoms with Crippen LogP contribution in [0, 0.1) is 17.5 Å². The normalized spacial score (nSPS) is 10.3. The van der Waals surface area contributed by atoms with Gasteiger partial charge in [0.25, 0.3) is 0 Å². The van der Waals surface area contributed by atoms with Gasteiger partial charge in [-0.3, -0.25) is 0 Å². The number of rotatable bonds is 1. The van der Waals surface area contributed by atoms with Crippen LogP contribution in [0.25, 0.3) is 11.1 Å². The lowest BCUT2D eigenvalue weighted by Crippen LogP contribution is -1.84. The lowest BCUT2D eigenvalue weighted by molar-refractivity contribution is 0.584. The van der Waals surface area contributed by atoms with Gasteiger partial charge in [-0.2, -0.15) is 0 Å². The van der Waals surface area contributed by atoms with E-state index in [0.717, 1.165) is 18.2 Å². The molecule has 0 amide bonds. The minimum atomic E-state index is -0.672. The molecule has 0 spiro atoms. The Kier molecular flexibility index (Phi) is 2.46. The zero-order valence-electron chi connectivity index (χ0n) is 7.68. The van der Waals surface area contributed by atoms with Gasteiger partial charge in [0.05, 0.1) is 0 Å². The quantitative estimate of drug-likeness (QED) is 0.669. The van der Waals surface area contributed by atoms with Crippen LogP contribution < -0.4 is 0 Å². The van der Waals surface area contributed by atoms with Gasteiger partial charge in [-0.1, -0.05) is 12.1 Å². The second-order valence-electron chi connectivity index (χ2n) is 3.17. The zero-order valence-corrected chi connectivity index (χ0v) is 7.68. The second-order valence-corrected chi connectivity index (χ2v) is 3.17. The molecule has 3 heteroatoms. The molecule has 2 aromatic rings. The third kappa shape index (κ3) is 2.18. The standard InChI is InChI=1S/C12H7F3/c13-10-3-1-2-8(4-10)9-5-11(14)7-12(15)6-9/h1-7H. The van der Waals surface area contributed by atoms with E-state index in [-0.39, 0.29) is 0 Å². The maximum Gasteiger partial charge on any atom is 0.126 e. The van der Waals surface area contributed by atoms with Crippen LogP contribution in [0.2, 0.25) is 0 Å². The van der Waals surface area contributed by atoms with E-state index >= 15 is 0 Å². The van der Waals surface area contributed by atoms with Crippen molar-refractivity contribution in [1.82, 2.24) is 0 Å². The Morgan fingerprint density at radius 3 is 1.80 bits per heavy atom. The van der Waals surface area contributed by atoms with Crippen molar-refractivity contribution in [1.29, 1.82) is 0 Å². The van der Waals surface area contributed by atoms with Crippen molar-refractivity contribution in [3.8, 4) is 11.1 Å². The fourth-order valence-electron chi connectivity index (χ4n) is 1.39. The predicted molar refractivity (Wildman–Crippen MR) is 51.8 cm³/mol. The van der Waals surface area contributed by atoms with E-state index in [0.29, 0.717) is 11.1 Å². The van der Waals surface area contributed by atoms with E-state index < -0.39 is 17.5 Å². The van der Waals surface area contributed by atoms with Gasteiger partial charge < -0.3 is 0 Å². The SMILES string of the molecule is Fc1cccc(-c2cc(F)cc(F)c2)c1. The summed E-state index contributed by atoms with van der Waals surface area (Å²) in [4.78, 5) is 0. The molecular formula is C12H7F3. The van der Waals surface area contributed by atoms with Gasteiger partial charge in [-0.15, -0.1) is 0 Å². The third-order valence-electron chi connectivity index (χ3n) is 2.02. The molecule has 15 heavy (non-hydrogen) atoms. The molecule has 2 aromatic carbocycles. The Hall–Kier alpha value is -1.77. The minimum Gasteiger partial charge on any atom is -0.207 e. The summed E-state index contributed by atoms with van der Waals surface area (Å²) < 4.78 is 38.6.